The summed E-state index contributed by atoms with van der Waals surface area (Å²) in [6, 6.07) is -0.0866. The van der Waals surface area contributed by atoms with E-state index in [-0.39, 0.29) is 18.0 Å². The van der Waals surface area contributed by atoms with Gasteiger partial charge in [0.25, 0.3) is 0 Å². The molecule has 7 heteroatoms. The Bertz CT molecular complexity index is 302. The highest BCUT2D eigenvalue weighted by Gasteiger charge is 2.16. The molecule has 0 saturated carbocycles. The van der Waals surface area contributed by atoms with Crippen molar-refractivity contribution in [2.45, 2.75) is 30.3 Å². The summed E-state index contributed by atoms with van der Waals surface area (Å²) in [6.07, 6.45) is 1.50. The number of hydrogen-bond acceptors (Lipinski definition) is 6. The predicted molar refractivity (Wildman–Crippen MR) is 61.9 cm³/mol. The highest BCUT2D eigenvalue weighted by atomic mass is 32.2. The second-order valence-electron chi connectivity index (χ2n) is 3.29. The van der Waals surface area contributed by atoms with Gasteiger partial charge in [0, 0.05) is 11.8 Å². The second-order valence-corrected chi connectivity index (χ2v) is 5.34. The van der Waals surface area contributed by atoms with Gasteiger partial charge < -0.3 is 11.1 Å². The first-order valence-corrected chi connectivity index (χ1v) is 6.30. The van der Waals surface area contributed by atoms with Crippen LogP contribution in [0.3, 0.4) is 0 Å². The van der Waals surface area contributed by atoms with Gasteiger partial charge in [-0.2, -0.15) is 4.37 Å². The molecule has 15 heavy (non-hydrogen) atoms. The molecular weight excluding hydrogens is 232 g/mol. The molecule has 0 aliphatic rings. The number of carbonyl (C=O) groups excluding carboxylic acids is 1. The zero-order valence-corrected chi connectivity index (χ0v) is 10.3. The molecule has 1 aromatic heterocycles. The van der Waals surface area contributed by atoms with Gasteiger partial charge in [0.15, 0.2) is 4.34 Å². The van der Waals surface area contributed by atoms with E-state index in [1.54, 1.807) is 0 Å². The standard InChI is InChI=1S/C8H14N4OS2/c1-5(2)12-6(7(9)13)3-14-8-10-4-11-15-8/h4-6,12H,3H2,1-2H3,(H2,9,13). The molecule has 0 aromatic carbocycles. The van der Waals surface area contributed by atoms with E-state index in [0.29, 0.717) is 5.75 Å². The van der Waals surface area contributed by atoms with Crippen LogP contribution in [0.15, 0.2) is 10.7 Å². The van der Waals surface area contributed by atoms with Crippen LogP contribution in [-0.2, 0) is 4.79 Å². The molecule has 1 rings (SSSR count). The largest absolute Gasteiger partial charge is 0.368 e. The smallest absolute Gasteiger partial charge is 0.235 e. The summed E-state index contributed by atoms with van der Waals surface area (Å²) in [6.45, 7) is 3.96. The fourth-order valence-electron chi connectivity index (χ4n) is 0.996. The van der Waals surface area contributed by atoms with Crippen molar-refractivity contribution in [2.24, 2.45) is 5.73 Å². The molecule has 1 unspecified atom stereocenters. The normalized spacial score (nSPS) is 13.0. The Kier molecular flexibility index (Phi) is 5.00. The molecule has 1 heterocycles. The van der Waals surface area contributed by atoms with Gasteiger partial charge in [0.1, 0.15) is 6.33 Å². The minimum Gasteiger partial charge on any atom is -0.368 e. The minimum atomic E-state index is -0.333. The van der Waals surface area contributed by atoms with Gasteiger partial charge in [-0.15, -0.1) is 0 Å². The zero-order valence-electron chi connectivity index (χ0n) is 8.64. The van der Waals surface area contributed by atoms with Crippen molar-refractivity contribution in [3.05, 3.63) is 6.33 Å². The number of nitrogens with zero attached hydrogens (tertiary/aromatic N) is 2. The van der Waals surface area contributed by atoms with Crippen LogP contribution in [0.1, 0.15) is 13.8 Å². The van der Waals surface area contributed by atoms with Crippen molar-refractivity contribution in [1.29, 1.82) is 0 Å². The Morgan fingerprint density at radius 2 is 2.47 bits per heavy atom. The molecule has 0 fully saturated rings. The first-order valence-electron chi connectivity index (χ1n) is 4.54. The SMILES string of the molecule is CC(C)NC(CSc1ncns1)C(N)=O. The number of aromatic nitrogens is 2. The minimum absolute atomic E-state index is 0.234. The average Bonchev–Trinajstić information content (AvgIpc) is 2.63. The molecule has 0 aliphatic heterocycles. The van der Waals surface area contributed by atoms with E-state index in [1.165, 1.54) is 29.6 Å². The molecule has 1 aromatic rings. The topological polar surface area (TPSA) is 80.9 Å². The first kappa shape index (κ1) is 12.4. The fourth-order valence-corrected chi connectivity index (χ4v) is 2.51. The lowest BCUT2D eigenvalue weighted by molar-refractivity contribution is -0.119. The Labute approximate surface area is 97.0 Å². The number of primary amides is 1. The number of amides is 1. The fraction of sp³-hybridized carbons (Fsp3) is 0.625. The van der Waals surface area contributed by atoms with Gasteiger partial charge in [-0.3, -0.25) is 4.79 Å². The summed E-state index contributed by atoms with van der Waals surface area (Å²) in [5.41, 5.74) is 5.28. The molecular formula is C8H14N4OS2. The second kappa shape index (κ2) is 6.04. The van der Waals surface area contributed by atoms with Gasteiger partial charge in [-0.05, 0) is 11.5 Å². The molecule has 0 radical (unpaired) electrons. The quantitative estimate of drug-likeness (QED) is 0.714. The monoisotopic (exact) mass is 246 g/mol. The molecule has 0 saturated heterocycles. The van der Waals surface area contributed by atoms with Crippen LogP contribution in [0.25, 0.3) is 0 Å². The van der Waals surface area contributed by atoms with E-state index >= 15 is 0 Å². The third-order valence-electron chi connectivity index (χ3n) is 1.59. The number of nitrogens with two attached hydrogens (primary N) is 1. The van der Waals surface area contributed by atoms with E-state index < -0.39 is 0 Å². The molecule has 84 valence electrons. The van der Waals surface area contributed by atoms with Gasteiger partial charge in [-0.25, -0.2) is 4.98 Å². The first-order chi connectivity index (χ1) is 7.09. The molecule has 0 aliphatic carbocycles. The number of nitrogens with one attached hydrogen (secondary N) is 1. The third kappa shape index (κ3) is 4.59. The van der Waals surface area contributed by atoms with E-state index in [9.17, 15) is 4.79 Å². The van der Waals surface area contributed by atoms with Crippen LogP contribution in [-0.4, -0.2) is 33.1 Å². The van der Waals surface area contributed by atoms with Gasteiger partial charge in [-0.1, -0.05) is 25.6 Å². The molecule has 1 atom stereocenters. The lowest BCUT2D eigenvalue weighted by Crippen LogP contribution is -2.46. The Morgan fingerprint density at radius 1 is 1.73 bits per heavy atom. The Morgan fingerprint density at radius 3 is 2.93 bits per heavy atom. The summed E-state index contributed by atoms with van der Waals surface area (Å²) in [4.78, 5) is 15.1. The van der Waals surface area contributed by atoms with Gasteiger partial charge in [0.05, 0.1) is 6.04 Å². The Hall–Kier alpha value is -0.660. The van der Waals surface area contributed by atoms with E-state index in [0.717, 1.165) is 4.34 Å². The van der Waals surface area contributed by atoms with Crippen molar-refractivity contribution in [3.63, 3.8) is 0 Å². The highest BCUT2D eigenvalue weighted by Crippen LogP contribution is 2.18. The van der Waals surface area contributed by atoms with Crippen LogP contribution >= 0.6 is 23.3 Å². The number of carbonyl (C=O) groups is 1. The zero-order chi connectivity index (χ0) is 11.3. The van der Waals surface area contributed by atoms with Crippen LogP contribution < -0.4 is 11.1 Å². The van der Waals surface area contributed by atoms with Gasteiger partial charge in [0.2, 0.25) is 5.91 Å². The summed E-state index contributed by atoms with van der Waals surface area (Å²) in [5.74, 6) is 0.253. The predicted octanol–water partition coefficient (Wildman–Crippen LogP) is 0.482. The molecule has 0 bridgehead atoms. The maximum absolute atomic E-state index is 11.1. The highest BCUT2D eigenvalue weighted by molar-refractivity contribution is 8.01. The summed E-state index contributed by atoms with van der Waals surface area (Å²) >= 11 is 2.80. The summed E-state index contributed by atoms with van der Waals surface area (Å²) in [7, 11) is 0. The van der Waals surface area contributed by atoms with Crippen molar-refractivity contribution >= 4 is 29.2 Å². The maximum atomic E-state index is 11.1. The van der Waals surface area contributed by atoms with Crippen LogP contribution in [0.2, 0.25) is 0 Å². The molecule has 1 amide bonds. The summed E-state index contributed by atoms with van der Waals surface area (Å²) < 4.78 is 4.73. The lowest BCUT2D eigenvalue weighted by Gasteiger charge is -2.16. The van der Waals surface area contributed by atoms with E-state index in [1.807, 2.05) is 13.8 Å². The summed E-state index contributed by atoms with van der Waals surface area (Å²) in [5, 5.41) is 3.10. The van der Waals surface area contributed by atoms with E-state index in [4.69, 9.17) is 5.73 Å². The molecule has 3 N–H and O–H groups in total. The van der Waals surface area contributed by atoms with Crippen molar-refractivity contribution < 1.29 is 4.79 Å². The van der Waals surface area contributed by atoms with Crippen LogP contribution in [0.5, 0.6) is 0 Å². The van der Waals surface area contributed by atoms with Crippen molar-refractivity contribution in [1.82, 2.24) is 14.7 Å². The number of rotatable bonds is 6. The number of thioether (sulfide) groups is 1. The lowest BCUT2D eigenvalue weighted by atomic mass is 10.3. The molecule has 5 nitrogen and oxygen atoms in total. The maximum Gasteiger partial charge on any atom is 0.235 e. The van der Waals surface area contributed by atoms with E-state index in [2.05, 4.69) is 14.7 Å². The third-order valence-corrected chi connectivity index (χ3v) is 3.48. The van der Waals surface area contributed by atoms with Gasteiger partial charge >= 0.3 is 0 Å². The van der Waals surface area contributed by atoms with Crippen LogP contribution in [0, 0.1) is 0 Å². The Balaban J connectivity index is 2.41. The molecule has 0 spiro atoms. The van der Waals surface area contributed by atoms with Crippen molar-refractivity contribution in [3.8, 4) is 0 Å². The van der Waals surface area contributed by atoms with Crippen LogP contribution in [0.4, 0.5) is 0 Å². The van der Waals surface area contributed by atoms with Crippen molar-refractivity contribution in [2.75, 3.05) is 5.75 Å². The average molecular weight is 246 g/mol. The number of hydrogen-bond donors (Lipinski definition) is 2.